The number of nitrogens with zero attached hydrogens (tertiary/aromatic N) is 2. The first-order valence-corrected chi connectivity index (χ1v) is 11.8. The Labute approximate surface area is 216 Å². The van der Waals surface area contributed by atoms with Gasteiger partial charge in [-0.1, -0.05) is 24.3 Å². The summed E-state index contributed by atoms with van der Waals surface area (Å²) >= 11 is 1.46. The third kappa shape index (κ3) is 7.37. The Morgan fingerprint density at radius 1 is 1.06 bits per heavy atom. The normalized spacial score (nSPS) is 18.1. The molecular formula is C25H31ClN2O6S. The number of carbonyl (C=O) groups excluding carboxylic acids is 3. The number of halogens is 1. The highest BCUT2D eigenvalue weighted by Gasteiger charge is 2.41. The van der Waals surface area contributed by atoms with Crippen molar-refractivity contribution in [2.45, 2.75) is 36.2 Å². The number of benzene rings is 2. The number of likely N-dealkylation sites (N-methyl/N-ethyl adjacent to an activating group) is 1. The summed E-state index contributed by atoms with van der Waals surface area (Å²) < 4.78 is 16.4. The molecule has 8 nitrogen and oxygen atoms in total. The molecule has 1 amide bonds. The molecule has 0 fully saturated rings. The predicted molar refractivity (Wildman–Crippen MR) is 137 cm³/mol. The third-order valence-electron chi connectivity index (χ3n) is 5.22. The molecule has 1 aliphatic heterocycles. The van der Waals surface area contributed by atoms with E-state index in [1.165, 1.54) is 25.6 Å². The van der Waals surface area contributed by atoms with Crippen LogP contribution < -0.4 is 9.64 Å². The van der Waals surface area contributed by atoms with Crippen LogP contribution in [0.5, 0.6) is 5.75 Å². The Kier molecular flexibility index (Phi) is 10.4. The number of thioether (sulfide) groups is 1. The van der Waals surface area contributed by atoms with Crippen LogP contribution in [0.3, 0.4) is 0 Å². The molecule has 1 heterocycles. The first-order chi connectivity index (χ1) is 16.2. The molecule has 0 spiro atoms. The van der Waals surface area contributed by atoms with Crippen LogP contribution in [0.15, 0.2) is 53.4 Å². The second kappa shape index (κ2) is 12.8. The van der Waals surface area contributed by atoms with E-state index in [1.807, 2.05) is 67.5 Å². The monoisotopic (exact) mass is 522 g/mol. The van der Waals surface area contributed by atoms with E-state index in [9.17, 15) is 14.4 Å². The van der Waals surface area contributed by atoms with Gasteiger partial charge in [0.25, 0.3) is 5.91 Å². The van der Waals surface area contributed by atoms with Crippen LogP contribution in [0.1, 0.15) is 24.7 Å². The molecule has 0 saturated carbocycles. The van der Waals surface area contributed by atoms with Crippen molar-refractivity contribution < 1.29 is 28.6 Å². The van der Waals surface area contributed by atoms with Gasteiger partial charge in [-0.05, 0) is 43.9 Å². The molecule has 1 unspecified atom stereocenters. The van der Waals surface area contributed by atoms with Crippen molar-refractivity contribution in [2.24, 2.45) is 0 Å². The van der Waals surface area contributed by atoms with Crippen LogP contribution in [0.4, 0.5) is 5.69 Å². The summed E-state index contributed by atoms with van der Waals surface area (Å²) in [6, 6.07) is 14.9. The van der Waals surface area contributed by atoms with Crippen molar-refractivity contribution in [2.75, 3.05) is 39.2 Å². The molecule has 0 aliphatic carbocycles. The minimum Gasteiger partial charge on any atom is -0.497 e. The number of para-hydroxylation sites is 1. The molecular weight excluding hydrogens is 492 g/mol. The van der Waals surface area contributed by atoms with Crippen LogP contribution >= 0.6 is 24.2 Å². The molecule has 35 heavy (non-hydrogen) atoms. The van der Waals surface area contributed by atoms with Crippen LogP contribution in [-0.4, -0.2) is 69.2 Å². The van der Waals surface area contributed by atoms with Gasteiger partial charge in [-0.15, -0.1) is 24.2 Å². The fourth-order valence-corrected chi connectivity index (χ4v) is 5.19. The maximum Gasteiger partial charge on any atom is 0.303 e. The predicted octanol–water partition coefficient (Wildman–Crippen LogP) is 3.72. The topological polar surface area (TPSA) is 85.4 Å². The van der Waals surface area contributed by atoms with Crippen LogP contribution in [0.25, 0.3) is 0 Å². The zero-order valence-electron chi connectivity index (χ0n) is 20.4. The lowest BCUT2D eigenvalue weighted by Crippen LogP contribution is -2.48. The largest absolute Gasteiger partial charge is 0.497 e. The second-order valence-corrected chi connectivity index (χ2v) is 9.44. The maximum atomic E-state index is 13.9. The van der Waals surface area contributed by atoms with Gasteiger partial charge in [0.1, 0.15) is 11.9 Å². The Balaban J connectivity index is 0.00000432. The van der Waals surface area contributed by atoms with Gasteiger partial charge < -0.3 is 24.0 Å². The molecule has 1 aliphatic rings. The van der Waals surface area contributed by atoms with E-state index < -0.39 is 29.4 Å². The molecule has 0 aromatic heterocycles. The zero-order chi connectivity index (χ0) is 24.8. The molecule has 0 radical (unpaired) electrons. The third-order valence-corrected chi connectivity index (χ3v) is 6.59. The van der Waals surface area contributed by atoms with E-state index >= 15 is 0 Å². The van der Waals surface area contributed by atoms with Crippen LogP contribution in [0, 0.1) is 0 Å². The summed E-state index contributed by atoms with van der Waals surface area (Å²) in [5, 5.41) is -0.477. The van der Waals surface area contributed by atoms with E-state index in [0.717, 1.165) is 10.5 Å². The molecule has 10 heteroatoms. The number of rotatable bonds is 8. The number of amides is 1. The second-order valence-electron chi connectivity index (χ2n) is 8.25. The minimum atomic E-state index is -1.07. The average Bonchev–Trinajstić information content (AvgIpc) is 2.88. The number of fused-ring (bicyclic) bond motifs is 1. The number of hydrogen-bond donors (Lipinski definition) is 0. The molecule has 2 aromatic rings. The van der Waals surface area contributed by atoms with Gasteiger partial charge in [-0.25, -0.2) is 0 Å². The quantitative estimate of drug-likeness (QED) is 0.485. The summed E-state index contributed by atoms with van der Waals surface area (Å²) in [4.78, 5) is 42.0. The van der Waals surface area contributed by atoms with Crippen molar-refractivity contribution in [3.05, 3.63) is 54.1 Å². The first-order valence-electron chi connectivity index (χ1n) is 10.9. The smallest absolute Gasteiger partial charge is 0.303 e. The van der Waals surface area contributed by atoms with Crippen molar-refractivity contribution in [3.63, 3.8) is 0 Å². The molecule has 3 atom stereocenters. The number of methoxy groups -OCH3 is 1. The van der Waals surface area contributed by atoms with Gasteiger partial charge >= 0.3 is 11.9 Å². The van der Waals surface area contributed by atoms with E-state index in [4.69, 9.17) is 14.2 Å². The summed E-state index contributed by atoms with van der Waals surface area (Å²) in [6.07, 6.45) is -1.63. The van der Waals surface area contributed by atoms with Crippen molar-refractivity contribution in [1.29, 1.82) is 0 Å². The molecule has 2 aromatic carbocycles. The van der Waals surface area contributed by atoms with Gasteiger partial charge in [0.2, 0.25) is 0 Å². The first kappa shape index (κ1) is 28.5. The van der Waals surface area contributed by atoms with Crippen LogP contribution in [-0.2, 0) is 23.9 Å². The highest BCUT2D eigenvalue weighted by molar-refractivity contribution is 7.99. The highest BCUT2D eigenvalue weighted by atomic mass is 35.5. The van der Waals surface area contributed by atoms with E-state index in [2.05, 4.69) is 0 Å². The van der Waals surface area contributed by atoms with E-state index in [-0.39, 0.29) is 24.9 Å². The van der Waals surface area contributed by atoms with Gasteiger partial charge in [-0.3, -0.25) is 14.4 Å². The van der Waals surface area contributed by atoms with Crippen molar-refractivity contribution in [3.8, 4) is 5.75 Å². The lowest BCUT2D eigenvalue weighted by Gasteiger charge is -2.31. The number of carbonyl (C=O) groups is 3. The molecule has 190 valence electrons. The zero-order valence-corrected chi connectivity index (χ0v) is 22.1. The maximum absolute atomic E-state index is 13.9. The fraction of sp³-hybridized carbons (Fsp3) is 0.400. The van der Waals surface area contributed by atoms with Gasteiger partial charge in [-0.2, -0.15) is 0 Å². The lowest BCUT2D eigenvalue weighted by molar-refractivity contribution is -0.153. The Hall–Kier alpha value is -2.75. The number of esters is 2. The highest BCUT2D eigenvalue weighted by Crippen LogP contribution is 2.47. The van der Waals surface area contributed by atoms with Crippen LogP contribution in [0.2, 0.25) is 0 Å². The average molecular weight is 523 g/mol. The van der Waals surface area contributed by atoms with Gasteiger partial charge in [0, 0.05) is 25.3 Å². The van der Waals surface area contributed by atoms with Crippen molar-refractivity contribution >= 4 is 47.7 Å². The summed E-state index contributed by atoms with van der Waals surface area (Å²) in [7, 11) is 5.32. The fourth-order valence-electron chi connectivity index (χ4n) is 3.87. The SMILES string of the molecule is COc1ccc([C@@H]2Sc3ccccc3N(CC(CN(C)C)OC(C)=O)C(=O)[C@@H]2OC(C)=O)cc1.Cl. The Morgan fingerprint density at radius 3 is 2.29 bits per heavy atom. The summed E-state index contributed by atoms with van der Waals surface area (Å²) in [6.45, 7) is 3.19. The number of ether oxygens (including phenoxy) is 3. The standard InChI is InChI=1S/C25H30N2O6S.ClH/c1-16(28)32-20(14-26(3)4)15-27-21-8-6-7-9-22(21)34-24(23(25(27)30)33-17(2)29)18-10-12-19(31-5)13-11-18;/h6-13,20,23-24H,14-15H2,1-5H3;1H/t20?,23-,24+;/m1./s1. The molecule has 3 rings (SSSR count). The molecule has 0 bridgehead atoms. The molecule has 0 N–H and O–H groups in total. The van der Waals surface area contributed by atoms with Gasteiger partial charge in [0.05, 0.1) is 24.6 Å². The van der Waals surface area contributed by atoms with E-state index in [0.29, 0.717) is 18.0 Å². The number of anilines is 1. The lowest BCUT2D eigenvalue weighted by atomic mass is 10.1. The van der Waals surface area contributed by atoms with E-state index in [1.54, 1.807) is 12.0 Å². The van der Waals surface area contributed by atoms with Crippen molar-refractivity contribution in [1.82, 2.24) is 4.90 Å². The Morgan fingerprint density at radius 2 is 1.71 bits per heavy atom. The molecule has 0 saturated heterocycles. The van der Waals surface area contributed by atoms with Gasteiger partial charge in [0.15, 0.2) is 6.10 Å². The Bertz CT molecular complexity index is 1030. The summed E-state index contributed by atoms with van der Waals surface area (Å²) in [5.41, 5.74) is 1.51. The number of hydrogen-bond acceptors (Lipinski definition) is 8. The summed E-state index contributed by atoms with van der Waals surface area (Å²) in [5.74, 6) is -0.658. The minimum absolute atomic E-state index is 0.